The zero-order valence-corrected chi connectivity index (χ0v) is 14.3. The monoisotopic (exact) mass is 373 g/mol. The normalized spacial score (nSPS) is 11.1. The van der Waals surface area contributed by atoms with Gasteiger partial charge in [-0.25, -0.2) is 13.4 Å². The van der Waals surface area contributed by atoms with Crippen LogP contribution in [0.1, 0.15) is 10.4 Å². The highest BCUT2D eigenvalue weighted by Gasteiger charge is 2.20. The average molecular weight is 374 g/mol. The highest BCUT2D eigenvalue weighted by atomic mass is 35.5. The first-order valence-corrected chi connectivity index (χ1v) is 9.01. The van der Waals surface area contributed by atoms with Crippen molar-refractivity contribution in [2.24, 2.45) is 0 Å². The van der Waals surface area contributed by atoms with Gasteiger partial charge in [-0.05, 0) is 12.1 Å². The number of carbonyl (C=O) groups excluding carboxylic acids is 1. The Kier molecular flexibility index (Phi) is 4.78. The first kappa shape index (κ1) is 17.1. The van der Waals surface area contributed by atoms with E-state index in [9.17, 15) is 13.2 Å². The molecule has 0 spiro atoms. The number of anilines is 1. The van der Waals surface area contributed by atoms with E-state index in [1.54, 1.807) is 36.4 Å². The van der Waals surface area contributed by atoms with Crippen LogP contribution in [-0.4, -0.2) is 24.7 Å². The maximum atomic E-state index is 12.6. The Hall–Kier alpha value is -2.77. The van der Waals surface area contributed by atoms with E-state index in [1.807, 2.05) is 0 Å². The van der Waals surface area contributed by atoms with Gasteiger partial charge < -0.3 is 0 Å². The average Bonchev–Trinajstić information content (AvgIpc) is 2.62. The lowest BCUT2D eigenvalue weighted by Gasteiger charge is -2.11. The van der Waals surface area contributed by atoms with E-state index < -0.39 is 10.0 Å². The number of hydrogen-bond donors (Lipinski definition) is 1. The van der Waals surface area contributed by atoms with Crippen molar-refractivity contribution in [3.05, 3.63) is 71.5 Å². The number of carbonyl (C=O) groups is 1. The number of sulfonamides is 1. The van der Waals surface area contributed by atoms with E-state index in [1.165, 1.54) is 24.5 Å². The quantitative estimate of drug-likeness (QED) is 0.692. The van der Waals surface area contributed by atoms with Crippen LogP contribution < -0.4 is 4.72 Å². The summed E-state index contributed by atoms with van der Waals surface area (Å²) in [5.74, 6) is 0.0706. The molecular weight excluding hydrogens is 362 g/mol. The van der Waals surface area contributed by atoms with Crippen molar-refractivity contribution in [2.45, 2.75) is 4.90 Å². The summed E-state index contributed by atoms with van der Waals surface area (Å²) in [5, 5.41) is 0.107. The molecule has 1 heterocycles. The van der Waals surface area contributed by atoms with Crippen LogP contribution in [0.3, 0.4) is 0 Å². The van der Waals surface area contributed by atoms with Gasteiger partial charge in [0.25, 0.3) is 10.0 Å². The van der Waals surface area contributed by atoms with Gasteiger partial charge in [0.15, 0.2) is 5.82 Å². The Morgan fingerprint density at radius 2 is 1.64 bits per heavy atom. The van der Waals surface area contributed by atoms with Gasteiger partial charge in [0.1, 0.15) is 16.9 Å². The van der Waals surface area contributed by atoms with Crippen molar-refractivity contribution in [3.8, 4) is 11.3 Å². The predicted molar refractivity (Wildman–Crippen MR) is 95.1 cm³/mol. The summed E-state index contributed by atoms with van der Waals surface area (Å²) in [6.45, 7) is 0. The Balaban J connectivity index is 2.01. The molecule has 3 aromatic rings. The van der Waals surface area contributed by atoms with E-state index in [2.05, 4.69) is 14.7 Å². The van der Waals surface area contributed by atoms with Gasteiger partial charge in [-0.2, -0.15) is 0 Å². The molecule has 6 nitrogen and oxygen atoms in total. The van der Waals surface area contributed by atoms with E-state index in [4.69, 9.17) is 11.6 Å². The first-order valence-electron chi connectivity index (χ1n) is 7.15. The van der Waals surface area contributed by atoms with Crippen molar-refractivity contribution in [2.75, 3.05) is 4.72 Å². The third-order valence-electron chi connectivity index (χ3n) is 3.38. The second kappa shape index (κ2) is 7.00. The SMILES string of the molecule is O=Cc1ccc(-c2nccnc2NS(=O)(=O)c2ccccc2Cl)cc1. The van der Waals surface area contributed by atoms with Crippen LogP contribution in [0.4, 0.5) is 5.82 Å². The van der Waals surface area contributed by atoms with Crippen molar-refractivity contribution in [1.29, 1.82) is 0 Å². The minimum Gasteiger partial charge on any atom is -0.298 e. The van der Waals surface area contributed by atoms with Crippen molar-refractivity contribution in [3.63, 3.8) is 0 Å². The van der Waals surface area contributed by atoms with E-state index in [0.717, 1.165) is 6.29 Å². The van der Waals surface area contributed by atoms with Crippen LogP contribution in [0.25, 0.3) is 11.3 Å². The van der Waals surface area contributed by atoms with Gasteiger partial charge >= 0.3 is 0 Å². The topological polar surface area (TPSA) is 89.0 Å². The van der Waals surface area contributed by atoms with Crippen LogP contribution in [0.15, 0.2) is 65.8 Å². The smallest absolute Gasteiger partial charge is 0.264 e. The van der Waals surface area contributed by atoms with E-state index in [-0.39, 0.29) is 15.7 Å². The van der Waals surface area contributed by atoms with Crippen LogP contribution in [0.2, 0.25) is 5.02 Å². The number of benzene rings is 2. The number of aldehydes is 1. The standard InChI is InChI=1S/C17H12ClN3O3S/c18-14-3-1-2-4-15(14)25(23,24)21-17-16(19-9-10-20-17)13-7-5-12(11-22)6-8-13/h1-11H,(H,20,21). The number of rotatable bonds is 5. The largest absolute Gasteiger partial charge is 0.298 e. The molecule has 3 rings (SSSR count). The lowest BCUT2D eigenvalue weighted by atomic mass is 10.1. The van der Waals surface area contributed by atoms with Crippen molar-refractivity contribution >= 4 is 33.7 Å². The molecule has 0 aliphatic rings. The maximum absolute atomic E-state index is 12.6. The lowest BCUT2D eigenvalue weighted by Crippen LogP contribution is -2.15. The Morgan fingerprint density at radius 3 is 2.32 bits per heavy atom. The fourth-order valence-corrected chi connectivity index (χ4v) is 3.73. The summed E-state index contributed by atoms with van der Waals surface area (Å²) in [6, 6.07) is 12.7. The third-order valence-corrected chi connectivity index (χ3v) is 5.21. The zero-order valence-electron chi connectivity index (χ0n) is 12.8. The fraction of sp³-hybridized carbons (Fsp3) is 0. The predicted octanol–water partition coefficient (Wildman–Crippen LogP) is 3.41. The number of nitrogens with zero attached hydrogens (tertiary/aromatic N) is 2. The van der Waals surface area contributed by atoms with Crippen LogP contribution in [0.5, 0.6) is 0 Å². The molecule has 1 N–H and O–H groups in total. The van der Waals surface area contributed by atoms with Crippen LogP contribution in [-0.2, 0) is 10.0 Å². The summed E-state index contributed by atoms with van der Waals surface area (Å²) >= 11 is 5.98. The summed E-state index contributed by atoms with van der Waals surface area (Å²) < 4.78 is 27.6. The summed E-state index contributed by atoms with van der Waals surface area (Å²) in [5.41, 5.74) is 1.47. The van der Waals surface area contributed by atoms with E-state index in [0.29, 0.717) is 16.8 Å². The first-order chi connectivity index (χ1) is 12.0. The molecule has 0 fully saturated rings. The molecular formula is C17H12ClN3O3S. The Bertz CT molecular complexity index is 1020. The molecule has 0 aliphatic carbocycles. The molecule has 0 saturated heterocycles. The number of halogens is 1. The van der Waals surface area contributed by atoms with Crippen molar-refractivity contribution < 1.29 is 13.2 Å². The number of hydrogen-bond acceptors (Lipinski definition) is 5. The minimum absolute atomic E-state index is 0.0513. The molecule has 25 heavy (non-hydrogen) atoms. The molecule has 0 atom stereocenters. The Morgan fingerprint density at radius 1 is 0.960 bits per heavy atom. The van der Waals surface area contributed by atoms with Crippen LogP contribution in [0, 0.1) is 0 Å². The third kappa shape index (κ3) is 3.67. The molecule has 0 saturated carbocycles. The van der Waals surface area contributed by atoms with Gasteiger partial charge in [-0.3, -0.25) is 14.5 Å². The maximum Gasteiger partial charge on any atom is 0.264 e. The summed E-state index contributed by atoms with van der Waals surface area (Å²) in [4.78, 5) is 19.0. The highest BCUT2D eigenvalue weighted by Crippen LogP contribution is 2.27. The molecule has 0 radical (unpaired) electrons. The molecule has 1 aromatic heterocycles. The van der Waals surface area contributed by atoms with Gasteiger partial charge in [0, 0.05) is 23.5 Å². The summed E-state index contributed by atoms with van der Waals surface area (Å²) in [6.07, 6.45) is 3.56. The number of aromatic nitrogens is 2. The van der Waals surface area contributed by atoms with Gasteiger partial charge in [-0.15, -0.1) is 0 Å². The van der Waals surface area contributed by atoms with Gasteiger partial charge in [0.2, 0.25) is 0 Å². The molecule has 126 valence electrons. The number of nitrogens with one attached hydrogen (secondary N) is 1. The summed E-state index contributed by atoms with van der Waals surface area (Å²) in [7, 11) is -3.93. The lowest BCUT2D eigenvalue weighted by molar-refractivity contribution is 0.112. The molecule has 0 unspecified atom stereocenters. The molecule has 0 bridgehead atoms. The van der Waals surface area contributed by atoms with Crippen molar-refractivity contribution in [1.82, 2.24) is 9.97 Å². The zero-order chi connectivity index (χ0) is 17.9. The second-order valence-electron chi connectivity index (χ2n) is 5.03. The van der Waals surface area contributed by atoms with Crippen LogP contribution >= 0.6 is 11.6 Å². The molecule has 0 aliphatic heterocycles. The second-order valence-corrected chi connectivity index (χ2v) is 7.09. The van der Waals surface area contributed by atoms with E-state index >= 15 is 0 Å². The van der Waals surface area contributed by atoms with Gasteiger partial charge in [0.05, 0.1) is 5.02 Å². The molecule has 2 aromatic carbocycles. The Labute approximate surface area is 149 Å². The highest BCUT2D eigenvalue weighted by molar-refractivity contribution is 7.92. The van der Waals surface area contributed by atoms with Gasteiger partial charge in [-0.1, -0.05) is 48.0 Å². The fourth-order valence-electron chi connectivity index (χ4n) is 2.19. The molecule has 8 heteroatoms. The molecule has 0 amide bonds. The minimum atomic E-state index is -3.93.